The van der Waals surface area contributed by atoms with Crippen molar-refractivity contribution in [1.29, 1.82) is 0 Å². The average Bonchev–Trinajstić information content (AvgIpc) is 2.98. The molecule has 3 heterocycles. The van der Waals surface area contributed by atoms with Gasteiger partial charge in [-0.1, -0.05) is 17.7 Å². The number of nitrogens with zero attached hydrogens (tertiary/aromatic N) is 4. The molecular formula is C14H16ClN5. The molecule has 20 heavy (non-hydrogen) atoms. The molecule has 1 N–H and O–H groups in total. The molecule has 0 aliphatic rings. The van der Waals surface area contributed by atoms with Crippen LogP contribution in [-0.4, -0.2) is 25.7 Å². The highest BCUT2D eigenvalue weighted by Crippen LogP contribution is 2.17. The van der Waals surface area contributed by atoms with E-state index in [1.165, 1.54) is 5.56 Å². The predicted molar refractivity (Wildman–Crippen MR) is 78.9 cm³/mol. The summed E-state index contributed by atoms with van der Waals surface area (Å²) in [5.74, 6) is 0. The molecule has 0 aliphatic carbocycles. The largest absolute Gasteiger partial charge is 0.309 e. The van der Waals surface area contributed by atoms with E-state index in [0.29, 0.717) is 11.7 Å². The lowest BCUT2D eigenvalue weighted by Crippen LogP contribution is -2.20. The third kappa shape index (κ3) is 2.69. The van der Waals surface area contributed by atoms with Crippen LogP contribution in [-0.2, 0) is 13.1 Å². The van der Waals surface area contributed by atoms with Gasteiger partial charge in [-0.3, -0.25) is 4.68 Å². The highest BCUT2D eigenvalue weighted by molar-refractivity contribution is 6.30. The zero-order chi connectivity index (χ0) is 13.9. The van der Waals surface area contributed by atoms with Gasteiger partial charge in [0, 0.05) is 25.5 Å². The third-order valence-corrected chi connectivity index (χ3v) is 3.46. The van der Waals surface area contributed by atoms with Gasteiger partial charge < -0.3 is 9.72 Å². The number of hydrogen-bond acceptors (Lipinski definition) is 3. The Hall–Kier alpha value is -1.85. The number of rotatable bonds is 5. The number of hydrogen-bond donors (Lipinski definition) is 1. The van der Waals surface area contributed by atoms with E-state index < -0.39 is 0 Å². The standard InChI is InChI=1S/C14H16ClN5/c1-11-8-17-19(10-11)7-5-16-9-12-14(15)18-13-4-2-3-6-20(12)13/h2-4,6,8,10,16H,5,7,9H2,1H3. The molecule has 0 aliphatic heterocycles. The fourth-order valence-electron chi connectivity index (χ4n) is 2.17. The van der Waals surface area contributed by atoms with Gasteiger partial charge in [-0.25, -0.2) is 4.98 Å². The van der Waals surface area contributed by atoms with E-state index in [0.717, 1.165) is 24.4 Å². The van der Waals surface area contributed by atoms with Crippen LogP contribution in [0.3, 0.4) is 0 Å². The van der Waals surface area contributed by atoms with Crippen LogP contribution in [0.25, 0.3) is 5.65 Å². The molecule has 0 spiro atoms. The molecule has 0 unspecified atom stereocenters. The lowest BCUT2D eigenvalue weighted by atomic mass is 10.4. The highest BCUT2D eigenvalue weighted by Gasteiger charge is 2.08. The van der Waals surface area contributed by atoms with Crippen LogP contribution in [0.1, 0.15) is 11.3 Å². The van der Waals surface area contributed by atoms with Crippen molar-refractivity contribution >= 4 is 17.2 Å². The Balaban J connectivity index is 1.61. The average molecular weight is 290 g/mol. The second-order valence-electron chi connectivity index (χ2n) is 4.74. The van der Waals surface area contributed by atoms with Crippen molar-refractivity contribution in [3.05, 3.63) is 53.2 Å². The van der Waals surface area contributed by atoms with Gasteiger partial charge in [0.15, 0.2) is 5.15 Å². The summed E-state index contributed by atoms with van der Waals surface area (Å²) >= 11 is 6.18. The maximum Gasteiger partial charge on any atom is 0.152 e. The third-order valence-electron chi connectivity index (χ3n) is 3.15. The molecule has 5 nitrogen and oxygen atoms in total. The first-order valence-electron chi connectivity index (χ1n) is 6.55. The number of halogens is 1. The molecule has 3 aromatic rings. The van der Waals surface area contributed by atoms with Crippen LogP contribution >= 0.6 is 11.6 Å². The molecule has 0 aromatic carbocycles. The topological polar surface area (TPSA) is 47.2 Å². The molecule has 3 aromatic heterocycles. The minimum Gasteiger partial charge on any atom is -0.309 e. The maximum absolute atomic E-state index is 6.18. The van der Waals surface area contributed by atoms with E-state index in [-0.39, 0.29) is 0 Å². The van der Waals surface area contributed by atoms with Crippen LogP contribution in [0.2, 0.25) is 5.15 Å². The fourth-order valence-corrected chi connectivity index (χ4v) is 2.41. The highest BCUT2D eigenvalue weighted by atomic mass is 35.5. The number of aromatic nitrogens is 4. The number of nitrogens with one attached hydrogen (secondary N) is 1. The van der Waals surface area contributed by atoms with Crippen molar-refractivity contribution in [3.63, 3.8) is 0 Å². The summed E-state index contributed by atoms with van der Waals surface area (Å²) < 4.78 is 3.94. The summed E-state index contributed by atoms with van der Waals surface area (Å²) in [4.78, 5) is 4.32. The Morgan fingerprint density at radius 3 is 3.05 bits per heavy atom. The van der Waals surface area contributed by atoms with Gasteiger partial charge in [-0.2, -0.15) is 5.10 Å². The number of aryl methyl sites for hydroxylation is 1. The van der Waals surface area contributed by atoms with Crippen molar-refractivity contribution in [2.24, 2.45) is 0 Å². The van der Waals surface area contributed by atoms with Crippen molar-refractivity contribution < 1.29 is 0 Å². The molecule has 104 valence electrons. The summed E-state index contributed by atoms with van der Waals surface area (Å²) in [5, 5.41) is 8.18. The van der Waals surface area contributed by atoms with E-state index >= 15 is 0 Å². The van der Waals surface area contributed by atoms with Gasteiger partial charge in [0.2, 0.25) is 0 Å². The summed E-state index contributed by atoms with van der Waals surface area (Å²) in [7, 11) is 0. The van der Waals surface area contributed by atoms with Crippen LogP contribution in [0.15, 0.2) is 36.8 Å². The molecule has 3 rings (SSSR count). The number of fused-ring (bicyclic) bond motifs is 1. The summed E-state index contributed by atoms with van der Waals surface area (Å²) in [6.45, 7) is 4.39. The second kappa shape index (κ2) is 5.64. The van der Waals surface area contributed by atoms with E-state index in [1.54, 1.807) is 0 Å². The Labute approximate surface area is 122 Å². The van der Waals surface area contributed by atoms with Crippen LogP contribution < -0.4 is 5.32 Å². The van der Waals surface area contributed by atoms with E-state index in [4.69, 9.17) is 11.6 Å². The first kappa shape index (κ1) is 13.1. The van der Waals surface area contributed by atoms with E-state index in [2.05, 4.69) is 15.4 Å². The zero-order valence-electron chi connectivity index (χ0n) is 11.3. The lowest BCUT2D eigenvalue weighted by molar-refractivity contribution is 0.550. The van der Waals surface area contributed by atoms with Gasteiger partial charge >= 0.3 is 0 Å². The van der Waals surface area contributed by atoms with Crippen molar-refractivity contribution in [2.75, 3.05) is 6.54 Å². The Bertz CT molecular complexity index is 715. The fraction of sp³-hybridized carbons (Fsp3) is 0.286. The molecule has 0 radical (unpaired) electrons. The van der Waals surface area contributed by atoms with Gasteiger partial charge in [0.05, 0.1) is 18.4 Å². The van der Waals surface area contributed by atoms with Crippen molar-refractivity contribution in [1.82, 2.24) is 24.5 Å². The smallest absolute Gasteiger partial charge is 0.152 e. The number of pyridine rings is 1. The second-order valence-corrected chi connectivity index (χ2v) is 5.09. The van der Waals surface area contributed by atoms with Gasteiger partial charge in [-0.05, 0) is 24.6 Å². The van der Waals surface area contributed by atoms with Gasteiger partial charge in [0.1, 0.15) is 5.65 Å². The van der Waals surface area contributed by atoms with Gasteiger partial charge in [0.25, 0.3) is 0 Å². The van der Waals surface area contributed by atoms with Crippen molar-refractivity contribution in [3.8, 4) is 0 Å². The van der Waals surface area contributed by atoms with Crippen LogP contribution in [0.4, 0.5) is 0 Å². The quantitative estimate of drug-likeness (QED) is 0.733. The van der Waals surface area contributed by atoms with E-state index in [1.807, 2.05) is 52.8 Å². The lowest BCUT2D eigenvalue weighted by Gasteiger charge is -2.05. The van der Waals surface area contributed by atoms with E-state index in [9.17, 15) is 0 Å². The first-order valence-corrected chi connectivity index (χ1v) is 6.93. The maximum atomic E-state index is 6.18. The SMILES string of the molecule is Cc1cnn(CCNCc2c(Cl)nc3ccccn23)c1. The molecule has 0 fully saturated rings. The molecule has 0 bridgehead atoms. The normalized spacial score (nSPS) is 11.3. The Morgan fingerprint density at radius 2 is 2.25 bits per heavy atom. The summed E-state index contributed by atoms with van der Waals surface area (Å²) in [5.41, 5.74) is 3.03. The Kier molecular flexibility index (Phi) is 3.71. The molecule has 0 amide bonds. The predicted octanol–water partition coefficient (Wildman–Crippen LogP) is 2.28. The van der Waals surface area contributed by atoms with Crippen LogP contribution in [0, 0.1) is 6.92 Å². The van der Waals surface area contributed by atoms with Crippen molar-refractivity contribution in [2.45, 2.75) is 20.0 Å². The van der Waals surface area contributed by atoms with Gasteiger partial charge in [-0.15, -0.1) is 0 Å². The zero-order valence-corrected chi connectivity index (χ0v) is 12.0. The Morgan fingerprint density at radius 1 is 1.35 bits per heavy atom. The summed E-state index contributed by atoms with van der Waals surface area (Å²) in [6, 6.07) is 5.87. The molecule has 0 saturated heterocycles. The molecular weight excluding hydrogens is 274 g/mol. The molecule has 6 heteroatoms. The monoisotopic (exact) mass is 289 g/mol. The minimum atomic E-state index is 0.554. The summed E-state index contributed by atoms with van der Waals surface area (Å²) in [6.07, 6.45) is 5.87. The minimum absolute atomic E-state index is 0.554. The molecule has 0 saturated carbocycles. The number of imidazole rings is 1. The molecule has 0 atom stereocenters. The van der Waals surface area contributed by atoms with Crippen LogP contribution in [0.5, 0.6) is 0 Å². The first-order chi connectivity index (χ1) is 9.74.